The topological polar surface area (TPSA) is 56.0 Å². The average Bonchev–Trinajstić information content (AvgIpc) is 2.70. The van der Waals surface area contributed by atoms with Gasteiger partial charge in [-0.1, -0.05) is 59.1 Å². The molecule has 0 aliphatic heterocycles. The van der Waals surface area contributed by atoms with Crippen LogP contribution in [0.4, 0.5) is 13.2 Å². The number of benzene rings is 2. The molecule has 0 radical (unpaired) electrons. The number of rotatable bonds is 6. The zero-order valence-corrected chi connectivity index (χ0v) is 19.5. The Balaban J connectivity index is 2.08. The fourth-order valence-electron chi connectivity index (χ4n) is 3.51. The van der Waals surface area contributed by atoms with Crippen LogP contribution in [0.1, 0.15) is 44.1 Å². The van der Waals surface area contributed by atoms with E-state index in [4.69, 9.17) is 40.5 Å². The lowest BCUT2D eigenvalue weighted by Gasteiger charge is -2.19. The molecule has 0 fully saturated rings. The van der Waals surface area contributed by atoms with Crippen LogP contribution < -0.4 is 5.73 Å². The molecule has 0 saturated carbocycles. The molecule has 3 nitrogen and oxygen atoms in total. The van der Waals surface area contributed by atoms with Crippen molar-refractivity contribution in [3.8, 4) is 0 Å². The molecule has 33 heavy (non-hydrogen) atoms. The number of hydrogen-bond acceptors (Lipinski definition) is 2. The highest BCUT2D eigenvalue weighted by molar-refractivity contribution is 6.34. The maximum atomic E-state index is 13.9. The van der Waals surface area contributed by atoms with E-state index >= 15 is 0 Å². The quantitative estimate of drug-likeness (QED) is 0.349. The lowest BCUT2D eigenvalue weighted by atomic mass is 9.90. The van der Waals surface area contributed by atoms with E-state index in [2.05, 4.69) is 4.98 Å². The first-order valence-electron chi connectivity index (χ1n) is 9.69. The van der Waals surface area contributed by atoms with Crippen LogP contribution >= 0.6 is 34.8 Å². The Morgan fingerprint density at radius 1 is 1.09 bits per heavy atom. The zero-order chi connectivity index (χ0) is 24.3. The van der Waals surface area contributed by atoms with Gasteiger partial charge in [0, 0.05) is 21.8 Å². The van der Waals surface area contributed by atoms with Gasteiger partial charge in [-0.2, -0.15) is 13.2 Å². The second kappa shape index (κ2) is 10.2. The second-order valence-electron chi connectivity index (χ2n) is 7.42. The van der Waals surface area contributed by atoms with Gasteiger partial charge in [-0.15, -0.1) is 0 Å². The summed E-state index contributed by atoms with van der Waals surface area (Å²) >= 11 is 17.7. The number of amides is 1. The third-order valence-corrected chi connectivity index (χ3v) is 5.79. The van der Waals surface area contributed by atoms with Gasteiger partial charge >= 0.3 is 6.18 Å². The van der Waals surface area contributed by atoms with Crippen molar-refractivity contribution in [3.05, 3.63) is 103 Å². The number of nitrogens with two attached hydrogens (primary N) is 1. The molecule has 2 aromatic carbocycles. The molecule has 1 aromatic heterocycles. The smallest absolute Gasteiger partial charge is 0.366 e. The SMILES string of the molecule is Cc1c(C(N)=O)ccc(/C=C/C(c2cc(Cl)cc(Cl)c2)C(F)(F)F)c1Cc1ccc(Cl)nc1. The first kappa shape index (κ1) is 25.1. The van der Waals surface area contributed by atoms with Crippen LogP contribution in [0.5, 0.6) is 0 Å². The van der Waals surface area contributed by atoms with Crippen LogP contribution in [0.25, 0.3) is 6.08 Å². The summed E-state index contributed by atoms with van der Waals surface area (Å²) in [5.74, 6) is -2.56. The molecular weight excluding hydrogens is 496 g/mol. The molecule has 0 aliphatic carbocycles. The number of halogens is 6. The van der Waals surface area contributed by atoms with Crippen molar-refractivity contribution in [1.82, 2.24) is 4.98 Å². The number of carbonyl (C=O) groups is 1. The molecule has 172 valence electrons. The molecule has 3 rings (SSSR count). The summed E-state index contributed by atoms with van der Waals surface area (Å²) in [5.41, 5.74) is 8.19. The molecule has 0 saturated heterocycles. The standard InChI is InChI=1S/C24H18Cl3F3N2O/c1-13-19(23(31)33)5-3-15(20(13)8-14-2-7-22(27)32-12-14)4-6-21(24(28,29)30)16-9-17(25)11-18(26)10-16/h2-7,9-12,21H,8H2,1H3,(H2,31,33)/b6-4+. The zero-order valence-electron chi connectivity index (χ0n) is 17.3. The molecule has 1 atom stereocenters. The molecule has 1 amide bonds. The summed E-state index contributed by atoms with van der Waals surface area (Å²) in [7, 11) is 0. The molecule has 9 heteroatoms. The van der Waals surface area contributed by atoms with E-state index in [1.165, 1.54) is 30.3 Å². The van der Waals surface area contributed by atoms with Crippen molar-refractivity contribution in [2.75, 3.05) is 0 Å². The van der Waals surface area contributed by atoms with Crippen LogP contribution in [-0.2, 0) is 6.42 Å². The van der Waals surface area contributed by atoms with Gasteiger partial charge in [-0.25, -0.2) is 4.98 Å². The van der Waals surface area contributed by atoms with Gasteiger partial charge in [-0.3, -0.25) is 4.79 Å². The van der Waals surface area contributed by atoms with Crippen LogP contribution in [0.2, 0.25) is 15.2 Å². The number of nitrogens with zero attached hydrogens (tertiary/aromatic N) is 1. The highest BCUT2D eigenvalue weighted by Crippen LogP contribution is 2.39. The molecule has 3 aromatic rings. The second-order valence-corrected chi connectivity index (χ2v) is 8.68. The predicted octanol–water partition coefficient (Wildman–Crippen LogP) is 7.40. The molecule has 1 unspecified atom stereocenters. The number of allylic oxidation sites excluding steroid dienone is 1. The molecule has 0 spiro atoms. The van der Waals surface area contributed by atoms with E-state index in [0.29, 0.717) is 28.3 Å². The third kappa shape index (κ3) is 6.28. The van der Waals surface area contributed by atoms with Gasteiger partial charge in [-0.05, 0) is 71.5 Å². The van der Waals surface area contributed by atoms with Crippen molar-refractivity contribution in [2.45, 2.75) is 25.4 Å². The van der Waals surface area contributed by atoms with Crippen LogP contribution in [0.3, 0.4) is 0 Å². The average molecular weight is 514 g/mol. The van der Waals surface area contributed by atoms with E-state index < -0.39 is 18.0 Å². The minimum Gasteiger partial charge on any atom is -0.366 e. The highest BCUT2D eigenvalue weighted by Gasteiger charge is 2.39. The largest absolute Gasteiger partial charge is 0.399 e. The lowest BCUT2D eigenvalue weighted by Crippen LogP contribution is -2.19. The fourth-order valence-corrected chi connectivity index (χ4v) is 4.17. The van der Waals surface area contributed by atoms with Gasteiger partial charge in [0.25, 0.3) is 0 Å². The Morgan fingerprint density at radius 3 is 2.30 bits per heavy atom. The lowest BCUT2D eigenvalue weighted by molar-refractivity contribution is -0.139. The Hall–Kier alpha value is -2.54. The molecular formula is C24H18Cl3F3N2O. The Bertz CT molecular complexity index is 1190. The molecule has 0 bridgehead atoms. The molecule has 0 aliphatic rings. The van der Waals surface area contributed by atoms with Crippen LogP contribution in [0, 0.1) is 6.92 Å². The van der Waals surface area contributed by atoms with Crippen molar-refractivity contribution in [1.29, 1.82) is 0 Å². The first-order chi connectivity index (χ1) is 15.5. The summed E-state index contributed by atoms with van der Waals surface area (Å²) in [5, 5.41) is 0.533. The van der Waals surface area contributed by atoms with Crippen LogP contribution in [0.15, 0.2) is 54.7 Å². The van der Waals surface area contributed by atoms with E-state index in [9.17, 15) is 18.0 Å². The summed E-state index contributed by atoms with van der Waals surface area (Å²) in [6.07, 6.45) is -0.268. The summed E-state index contributed by atoms with van der Waals surface area (Å²) in [6, 6.07) is 10.3. The number of primary amides is 1. The monoisotopic (exact) mass is 512 g/mol. The summed E-state index contributed by atoms with van der Waals surface area (Å²) < 4.78 is 41.7. The van der Waals surface area contributed by atoms with Crippen molar-refractivity contribution >= 4 is 46.8 Å². The van der Waals surface area contributed by atoms with Gasteiger partial charge in [0.15, 0.2) is 0 Å². The number of pyridine rings is 1. The van der Waals surface area contributed by atoms with Crippen molar-refractivity contribution in [3.63, 3.8) is 0 Å². The first-order valence-corrected chi connectivity index (χ1v) is 10.8. The Morgan fingerprint density at radius 2 is 1.76 bits per heavy atom. The fraction of sp³-hybridized carbons (Fsp3) is 0.167. The summed E-state index contributed by atoms with van der Waals surface area (Å²) in [4.78, 5) is 15.9. The predicted molar refractivity (Wildman–Crippen MR) is 126 cm³/mol. The third-order valence-electron chi connectivity index (χ3n) is 5.13. The van der Waals surface area contributed by atoms with E-state index in [1.807, 2.05) is 0 Å². The van der Waals surface area contributed by atoms with Gasteiger partial charge in [0.1, 0.15) is 5.15 Å². The minimum absolute atomic E-state index is 0.0785. The Kier molecular flexibility index (Phi) is 7.73. The van der Waals surface area contributed by atoms with E-state index in [-0.39, 0.29) is 21.2 Å². The van der Waals surface area contributed by atoms with Crippen LogP contribution in [-0.4, -0.2) is 17.1 Å². The maximum Gasteiger partial charge on any atom is 0.399 e. The number of hydrogen-bond donors (Lipinski definition) is 1. The molecule has 2 N–H and O–H groups in total. The van der Waals surface area contributed by atoms with Crippen molar-refractivity contribution < 1.29 is 18.0 Å². The minimum atomic E-state index is -4.58. The van der Waals surface area contributed by atoms with E-state index in [0.717, 1.165) is 11.6 Å². The Labute approximate surface area is 204 Å². The van der Waals surface area contributed by atoms with E-state index in [1.54, 1.807) is 31.3 Å². The number of aromatic nitrogens is 1. The van der Waals surface area contributed by atoms with Gasteiger partial charge in [0.05, 0.1) is 5.92 Å². The maximum absolute atomic E-state index is 13.9. The number of carbonyl (C=O) groups excluding carboxylic acids is 1. The highest BCUT2D eigenvalue weighted by atomic mass is 35.5. The van der Waals surface area contributed by atoms with Crippen molar-refractivity contribution in [2.24, 2.45) is 5.73 Å². The summed E-state index contributed by atoms with van der Waals surface area (Å²) in [6.45, 7) is 1.70. The number of alkyl halides is 3. The van der Waals surface area contributed by atoms with Gasteiger partial charge < -0.3 is 5.73 Å². The molecule has 1 heterocycles. The van der Waals surface area contributed by atoms with Gasteiger partial charge in [0.2, 0.25) is 5.91 Å². The normalized spacial score (nSPS) is 12.8.